The van der Waals surface area contributed by atoms with E-state index >= 15 is 0 Å². The molecule has 6 heteroatoms. The zero-order chi connectivity index (χ0) is 15.4. The van der Waals surface area contributed by atoms with E-state index in [-0.39, 0.29) is 23.6 Å². The molecule has 0 fully saturated rings. The van der Waals surface area contributed by atoms with Gasteiger partial charge in [0.15, 0.2) is 5.75 Å². The summed E-state index contributed by atoms with van der Waals surface area (Å²) in [7, 11) is 0. The minimum Gasteiger partial charge on any atom is -0.482 e. The second-order valence-corrected chi connectivity index (χ2v) is 4.48. The molecular weight excluding hydrogens is 275 g/mol. The number of halogens is 1. The van der Waals surface area contributed by atoms with Gasteiger partial charge in [-0.1, -0.05) is 6.07 Å². The van der Waals surface area contributed by atoms with Crippen LogP contribution < -0.4 is 4.74 Å². The second-order valence-electron chi connectivity index (χ2n) is 4.48. The molecular formula is C15H11FN2O3. The van der Waals surface area contributed by atoms with Gasteiger partial charge in [0, 0.05) is 6.07 Å². The molecule has 0 radical (unpaired) electrons. The quantitative estimate of drug-likeness (QED) is 0.636. The van der Waals surface area contributed by atoms with Gasteiger partial charge in [0.1, 0.15) is 12.4 Å². The minimum absolute atomic E-state index is 0.0588. The van der Waals surface area contributed by atoms with Crippen LogP contribution in [0.3, 0.4) is 0 Å². The van der Waals surface area contributed by atoms with Crippen molar-refractivity contribution in [1.82, 2.24) is 0 Å². The molecule has 0 amide bonds. The smallest absolute Gasteiger partial charge is 0.310 e. The normalized spacial score (nSPS) is 9.95. The number of hydrogen-bond donors (Lipinski definition) is 0. The van der Waals surface area contributed by atoms with Crippen LogP contribution in [0.2, 0.25) is 0 Å². The Hall–Kier alpha value is -2.94. The van der Waals surface area contributed by atoms with Crippen molar-refractivity contribution in [3.05, 3.63) is 69.0 Å². The number of rotatable bonds is 4. The fraction of sp³-hybridized carbons (Fsp3) is 0.133. The number of nitriles is 1. The summed E-state index contributed by atoms with van der Waals surface area (Å²) in [6, 6.07) is 10.2. The van der Waals surface area contributed by atoms with Crippen LogP contribution in [0.25, 0.3) is 0 Å². The Morgan fingerprint density at radius 1 is 1.33 bits per heavy atom. The summed E-state index contributed by atoms with van der Waals surface area (Å²) < 4.78 is 18.7. The molecule has 0 aliphatic carbocycles. The molecule has 0 saturated carbocycles. The molecule has 106 valence electrons. The summed E-state index contributed by atoms with van der Waals surface area (Å²) in [5.41, 5.74) is 1.26. The molecule has 0 spiro atoms. The van der Waals surface area contributed by atoms with Gasteiger partial charge in [-0.2, -0.15) is 5.26 Å². The third-order valence-electron chi connectivity index (χ3n) is 2.79. The molecule has 0 N–H and O–H groups in total. The van der Waals surface area contributed by atoms with Crippen molar-refractivity contribution in [2.75, 3.05) is 0 Å². The highest BCUT2D eigenvalue weighted by Crippen LogP contribution is 2.28. The Labute approximate surface area is 120 Å². The maximum atomic E-state index is 13.3. The molecule has 0 aliphatic rings. The topological polar surface area (TPSA) is 76.2 Å². The lowest BCUT2D eigenvalue weighted by Gasteiger charge is -2.08. The van der Waals surface area contributed by atoms with E-state index in [0.717, 1.165) is 11.6 Å². The molecule has 5 nitrogen and oxygen atoms in total. The second kappa shape index (κ2) is 6.01. The van der Waals surface area contributed by atoms with E-state index in [1.807, 2.05) is 6.07 Å². The van der Waals surface area contributed by atoms with E-state index in [9.17, 15) is 14.5 Å². The highest BCUT2D eigenvalue weighted by Gasteiger charge is 2.15. The van der Waals surface area contributed by atoms with Crippen molar-refractivity contribution >= 4 is 5.69 Å². The average Bonchev–Trinajstić information content (AvgIpc) is 2.44. The number of nitro groups is 1. The number of nitro benzene ring substituents is 1. The van der Waals surface area contributed by atoms with Gasteiger partial charge >= 0.3 is 5.69 Å². The van der Waals surface area contributed by atoms with Gasteiger partial charge in [0.05, 0.1) is 16.6 Å². The monoisotopic (exact) mass is 286 g/mol. The maximum absolute atomic E-state index is 13.3. The van der Waals surface area contributed by atoms with Crippen molar-refractivity contribution < 1.29 is 14.1 Å². The number of ether oxygens (including phenoxy) is 1. The average molecular weight is 286 g/mol. The molecule has 2 aromatic rings. The minimum atomic E-state index is -0.550. The molecule has 0 saturated heterocycles. The summed E-state index contributed by atoms with van der Waals surface area (Å²) in [5, 5.41) is 19.7. The third-order valence-corrected chi connectivity index (χ3v) is 2.79. The van der Waals surface area contributed by atoms with Crippen LogP contribution >= 0.6 is 0 Å². The van der Waals surface area contributed by atoms with Crippen molar-refractivity contribution in [3.8, 4) is 11.8 Å². The van der Waals surface area contributed by atoms with E-state index in [1.54, 1.807) is 19.1 Å². The predicted octanol–water partition coefficient (Wildman–Crippen LogP) is 3.49. The van der Waals surface area contributed by atoms with Crippen molar-refractivity contribution in [3.63, 3.8) is 0 Å². The summed E-state index contributed by atoms with van der Waals surface area (Å²) in [4.78, 5) is 10.4. The van der Waals surface area contributed by atoms with Gasteiger partial charge in [-0.3, -0.25) is 10.1 Å². The number of benzene rings is 2. The first-order valence-electron chi connectivity index (χ1n) is 6.07. The Bertz CT molecular complexity index is 738. The SMILES string of the molecule is Cc1ccc([N+](=O)[O-])c(OCc2cc(F)cc(C#N)c2)c1. The van der Waals surface area contributed by atoms with Gasteiger partial charge in [0.2, 0.25) is 0 Å². The summed E-state index contributed by atoms with van der Waals surface area (Å²) in [5.74, 6) is -0.436. The lowest BCUT2D eigenvalue weighted by atomic mass is 10.1. The van der Waals surface area contributed by atoms with Crippen LogP contribution in [-0.2, 0) is 6.61 Å². The van der Waals surface area contributed by atoms with Crippen LogP contribution in [0.1, 0.15) is 16.7 Å². The van der Waals surface area contributed by atoms with E-state index in [0.29, 0.717) is 5.56 Å². The Morgan fingerprint density at radius 3 is 2.76 bits per heavy atom. The van der Waals surface area contributed by atoms with E-state index in [4.69, 9.17) is 10.00 Å². The summed E-state index contributed by atoms with van der Waals surface area (Å²) >= 11 is 0. The summed E-state index contributed by atoms with van der Waals surface area (Å²) in [6.45, 7) is 1.73. The van der Waals surface area contributed by atoms with Crippen molar-refractivity contribution in [2.45, 2.75) is 13.5 Å². The molecule has 21 heavy (non-hydrogen) atoms. The van der Waals surface area contributed by atoms with Gasteiger partial charge in [-0.05, 0) is 42.3 Å². The largest absolute Gasteiger partial charge is 0.482 e. The number of nitrogens with zero attached hydrogens (tertiary/aromatic N) is 2. The summed E-state index contributed by atoms with van der Waals surface area (Å²) in [6.07, 6.45) is 0. The molecule has 2 aromatic carbocycles. The Kier molecular flexibility index (Phi) is 4.14. The van der Waals surface area contributed by atoms with Crippen molar-refractivity contribution in [2.24, 2.45) is 0 Å². The first-order valence-corrected chi connectivity index (χ1v) is 6.07. The van der Waals surface area contributed by atoms with Crippen LogP contribution in [-0.4, -0.2) is 4.92 Å². The highest BCUT2D eigenvalue weighted by atomic mass is 19.1. The standard InChI is InChI=1S/C15H11FN2O3/c1-10-2-3-14(18(19)20)15(4-10)21-9-12-5-11(8-17)6-13(16)7-12/h2-7H,9H2,1H3. The van der Waals surface area contributed by atoms with E-state index in [1.165, 1.54) is 18.2 Å². The molecule has 0 bridgehead atoms. The van der Waals surface area contributed by atoms with Gasteiger partial charge in [-0.15, -0.1) is 0 Å². The zero-order valence-corrected chi connectivity index (χ0v) is 11.2. The first-order chi connectivity index (χ1) is 9.99. The lowest BCUT2D eigenvalue weighted by molar-refractivity contribution is -0.386. The molecule has 0 unspecified atom stereocenters. The molecule has 0 aliphatic heterocycles. The molecule has 2 rings (SSSR count). The van der Waals surface area contributed by atoms with E-state index < -0.39 is 10.7 Å². The van der Waals surface area contributed by atoms with Gasteiger partial charge in [-0.25, -0.2) is 4.39 Å². The third kappa shape index (κ3) is 3.54. The van der Waals surface area contributed by atoms with Crippen LogP contribution in [0.5, 0.6) is 5.75 Å². The number of hydrogen-bond acceptors (Lipinski definition) is 4. The zero-order valence-electron chi connectivity index (χ0n) is 11.2. The van der Waals surface area contributed by atoms with Gasteiger partial charge < -0.3 is 4.74 Å². The highest BCUT2D eigenvalue weighted by molar-refractivity contribution is 5.48. The van der Waals surface area contributed by atoms with Crippen LogP contribution in [0.4, 0.5) is 10.1 Å². The fourth-order valence-electron chi connectivity index (χ4n) is 1.85. The van der Waals surface area contributed by atoms with Crippen LogP contribution in [0.15, 0.2) is 36.4 Å². The van der Waals surface area contributed by atoms with Crippen LogP contribution in [0, 0.1) is 34.2 Å². The molecule has 0 atom stereocenters. The fourth-order valence-corrected chi connectivity index (χ4v) is 1.85. The first kappa shape index (κ1) is 14.5. The number of aryl methyl sites for hydroxylation is 1. The van der Waals surface area contributed by atoms with Crippen molar-refractivity contribution in [1.29, 1.82) is 5.26 Å². The maximum Gasteiger partial charge on any atom is 0.310 e. The predicted molar refractivity (Wildman–Crippen MR) is 73.3 cm³/mol. The van der Waals surface area contributed by atoms with Gasteiger partial charge in [0.25, 0.3) is 0 Å². The Morgan fingerprint density at radius 2 is 2.10 bits per heavy atom. The lowest BCUT2D eigenvalue weighted by Crippen LogP contribution is -2.00. The molecule has 0 aromatic heterocycles. The van der Waals surface area contributed by atoms with E-state index in [2.05, 4.69) is 0 Å². The Balaban J connectivity index is 2.24. The molecule has 0 heterocycles.